The summed E-state index contributed by atoms with van der Waals surface area (Å²) in [6.07, 6.45) is 3.09. The van der Waals surface area contributed by atoms with Gasteiger partial charge in [0.15, 0.2) is 5.65 Å². The maximum atomic E-state index is 12.0. The van der Waals surface area contributed by atoms with Crippen LogP contribution >= 0.6 is 0 Å². The third-order valence-electron chi connectivity index (χ3n) is 2.46. The molecule has 0 fully saturated rings. The zero-order chi connectivity index (χ0) is 13.3. The third kappa shape index (κ3) is 2.15. The molecule has 2 aromatic heterocycles. The van der Waals surface area contributed by atoms with Crippen molar-refractivity contribution in [3.05, 3.63) is 29.7 Å². The molecule has 1 amide bonds. The zero-order valence-electron chi connectivity index (χ0n) is 9.99. The highest BCUT2D eigenvalue weighted by molar-refractivity contribution is 6.00. The summed E-state index contributed by atoms with van der Waals surface area (Å²) < 4.78 is 1.48. The molecule has 2 heterocycles. The zero-order valence-corrected chi connectivity index (χ0v) is 9.99. The number of carbonyl (C=O) groups excluding carboxylic acids is 1. The Balaban J connectivity index is 2.38. The highest BCUT2D eigenvalue weighted by Crippen LogP contribution is 2.10. The molecule has 7 heteroatoms. The first-order valence-electron chi connectivity index (χ1n) is 5.27. The van der Waals surface area contributed by atoms with E-state index in [1.807, 2.05) is 6.92 Å². The van der Waals surface area contributed by atoms with Crippen LogP contribution < -0.4 is 0 Å². The maximum Gasteiger partial charge on any atom is 0.323 e. The molecule has 1 N–H and O–H groups in total. The molecule has 18 heavy (non-hydrogen) atoms. The van der Waals surface area contributed by atoms with Gasteiger partial charge in [-0.2, -0.15) is 5.10 Å². The van der Waals surface area contributed by atoms with Gasteiger partial charge in [0.1, 0.15) is 12.1 Å². The van der Waals surface area contributed by atoms with E-state index < -0.39 is 11.9 Å². The molecule has 0 saturated heterocycles. The number of carbonyl (C=O) groups is 2. The number of fused-ring (bicyclic) bond motifs is 1. The molecule has 7 nitrogen and oxygen atoms in total. The highest BCUT2D eigenvalue weighted by atomic mass is 16.4. The molecule has 0 atom stereocenters. The van der Waals surface area contributed by atoms with Crippen molar-refractivity contribution in [1.82, 2.24) is 19.5 Å². The second-order valence-corrected chi connectivity index (χ2v) is 3.95. The van der Waals surface area contributed by atoms with E-state index in [0.717, 1.165) is 10.6 Å². The topological polar surface area (TPSA) is 87.8 Å². The average Bonchev–Trinajstić information content (AvgIpc) is 2.69. The molecule has 2 aromatic rings. The van der Waals surface area contributed by atoms with Gasteiger partial charge in [-0.3, -0.25) is 9.59 Å². The van der Waals surface area contributed by atoms with E-state index in [4.69, 9.17) is 5.11 Å². The summed E-state index contributed by atoms with van der Waals surface area (Å²) in [5.41, 5.74) is 1.48. The Morgan fingerprint density at radius 3 is 2.89 bits per heavy atom. The summed E-state index contributed by atoms with van der Waals surface area (Å²) in [6.45, 7) is 1.45. The second kappa shape index (κ2) is 4.44. The second-order valence-electron chi connectivity index (χ2n) is 3.95. The van der Waals surface area contributed by atoms with E-state index in [1.165, 1.54) is 17.8 Å². The molecular formula is C11H12N4O3. The molecule has 0 aliphatic carbocycles. The summed E-state index contributed by atoms with van der Waals surface area (Å²) in [7, 11) is 1.43. The number of nitrogens with zero attached hydrogens (tertiary/aromatic N) is 4. The van der Waals surface area contributed by atoms with Gasteiger partial charge in [-0.25, -0.2) is 9.50 Å². The molecule has 0 bridgehead atoms. The number of carboxylic acid groups (broad SMARTS) is 1. The lowest BCUT2D eigenvalue weighted by Crippen LogP contribution is -2.31. The molecule has 0 aliphatic rings. The van der Waals surface area contributed by atoms with Crippen molar-refractivity contribution in [1.29, 1.82) is 0 Å². The van der Waals surface area contributed by atoms with Crippen molar-refractivity contribution in [2.45, 2.75) is 6.92 Å². The first-order chi connectivity index (χ1) is 8.49. The van der Waals surface area contributed by atoms with Crippen LogP contribution in [0, 0.1) is 6.92 Å². The standard InChI is InChI=1S/C11H12N4O3/c1-7-3-4-15-10(13-7)8(5-12-15)11(18)14(2)6-9(16)17/h3-5H,6H2,1-2H3,(H,16,17). The van der Waals surface area contributed by atoms with E-state index in [1.54, 1.807) is 12.3 Å². The minimum atomic E-state index is -1.06. The fourth-order valence-electron chi connectivity index (χ4n) is 1.59. The fourth-order valence-corrected chi connectivity index (χ4v) is 1.59. The number of aliphatic carboxylic acids is 1. The number of aromatic nitrogens is 3. The molecule has 94 valence electrons. The van der Waals surface area contributed by atoms with Crippen LogP contribution in [0.2, 0.25) is 0 Å². The number of carboxylic acids is 1. The first-order valence-corrected chi connectivity index (χ1v) is 5.27. The van der Waals surface area contributed by atoms with E-state index in [9.17, 15) is 9.59 Å². The predicted octanol–water partition coefficient (Wildman–Crippen LogP) is 0.194. The summed E-state index contributed by atoms with van der Waals surface area (Å²) in [4.78, 5) is 27.9. The third-order valence-corrected chi connectivity index (χ3v) is 2.46. The largest absolute Gasteiger partial charge is 0.480 e. The van der Waals surface area contributed by atoms with Crippen LogP contribution in [0.15, 0.2) is 18.5 Å². The van der Waals surface area contributed by atoms with Gasteiger partial charge in [-0.05, 0) is 13.0 Å². The number of rotatable bonds is 3. The van der Waals surface area contributed by atoms with Crippen LogP contribution in [0.1, 0.15) is 16.1 Å². The van der Waals surface area contributed by atoms with E-state index in [-0.39, 0.29) is 6.54 Å². The number of hydrogen-bond donors (Lipinski definition) is 1. The molecule has 0 saturated carbocycles. The molecule has 0 radical (unpaired) electrons. The molecule has 0 unspecified atom stereocenters. The summed E-state index contributed by atoms with van der Waals surface area (Å²) in [5.74, 6) is -1.48. The van der Waals surface area contributed by atoms with Crippen LogP contribution in [-0.4, -0.2) is 50.1 Å². The number of aryl methyl sites for hydroxylation is 1. The SMILES string of the molecule is Cc1ccn2ncc(C(=O)N(C)CC(=O)O)c2n1. The highest BCUT2D eigenvalue weighted by Gasteiger charge is 2.19. The van der Waals surface area contributed by atoms with Crippen molar-refractivity contribution >= 4 is 17.5 Å². The van der Waals surface area contributed by atoms with Gasteiger partial charge < -0.3 is 10.0 Å². The lowest BCUT2D eigenvalue weighted by molar-refractivity contribution is -0.137. The number of likely N-dealkylation sites (N-methyl/N-ethyl adjacent to an activating group) is 1. The Bertz CT molecular complexity index is 620. The van der Waals surface area contributed by atoms with E-state index >= 15 is 0 Å². The Morgan fingerprint density at radius 2 is 2.22 bits per heavy atom. The van der Waals surface area contributed by atoms with Gasteiger partial charge >= 0.3 is 5.97 Å². The lowest BCUT2D eigenvalue weighted by Gasteiger charge is -2.13. The average molecular weight is 248 g/mol. The van der Waals surface area contributed by atoms with Crippen LogP contribution in [-0.2, 0) is 4.79 Å². The van der Waals surface area contributed by atoms with Gasteiger partial charge in [0.25, 0.3) is 5.91 Å². The normalized spacial score (nSPS) is 10.6. The minimum Gasteiger partial charge on any atom is -0.480 e. The van der Waals surface area contributed by atoms with Gasteiger partial charge in [0.2, 0.25) is 0 Å². The summed E-state index contributed by atoms with van der Waals surface area (Å²) >= 11 is 0. The Hall–Kier alpha value is -2.44. The molecule has 0 aliphatic heterocycles. The van der Waals surface area contributed by atoms with Crippen LogP contribution in [0.3, 0.4) is 0 Å². The van der Waals surface area contributed by atoms with Gasteiger partial charge in [-0.15, -0.1) is 0 Å². The Kier molecular flexibility index (Phi) is 2.97. The smallest absolute Gasteiger partial charge is 0.323 e. The van der Waals surface area contributed by atoms with Crippen LogP contribution in [0.5, 0.6) is 0 Å². The summed E-state index contributed by atoms with van der Waals surface area (Å²) in [6, 6.07) is 1.77. The first kappa shape index (κ1) is 12.0. The molecule has 0 aromatic carbocycles. The van der Waals surface area contributed by atoms with E-state index in [2.05, 4.69) is 10.1 Å². The van der Waals surface area contributed by atoms with Gasteiger partial charge in [0, 0.05) is 18.9 Å². The molecule has 2 rings (SSSR count). The van der Waals surface area contributed by atoms with Crippen molar-refractivity contribution in [3.63, 3.8) is 0 Å². The lowest BCUT2D eigenvalue weighted by atomic mass is 10.3. The molecular weight excluding hydrogens is 236 g/mol. The van der Waals surface area contributed by atoms with Crippen LogP contribution in [0.25, 0.3) is 5.65 Å². The van der Waals surface area contributed by atoms with Crippen LogP contribution in [0.4, 0.5) is 0 Å². The Labute approximate surface area is 103 Å². The van der Waals surface area contributed by atoms with Gasteiger partial charge in [0.05, 0.1) is 6.20 Å². The fraction of sp³-hybridized carbons (Fsp3) is 0.273. The van der Waals surface area contributed by atoms with Gasteiger partial charge in [-0.1, -0.05) is 0 Å². The minimum absolute atomic E-state index is 0.294. The number of hydrogen-bond acceptors (Lipinski definition) is 4. The quantitative estimate of drug-likeness (QED) is 0.838. The van der Waals surface area contributed by atoms with Crippen molar-refractivity contribution in [3.8, 4) is 0 Å². The van der Waals surface area contributed by atoms with E-state index in [0.29, 0.717) is 11.2 Å². The number of amides is 1. The Morgan fingerprint density at radius 1 is 1.50 bits per heavy atom. The summed E-state index contributed by atoms with van der Waals surface area (Å²) in [5, 5.41) is 12.7. The molecule has 0 spiro atoms. The monoisotopic (exact) mass is 248 g/mol. The maximum absolute atomic E-state index is 12.0. The van der Waals surface area contributed by atoms with Crippen molar-refractivity contribution < 1.29 is 14.7 Å². The van der Waals surface area contributed by atoms with Crippen molar-refractivity contribution in [2.75, 3.05) is 13.6 Å². The van der Waals surface area contributed by atoms with Crippen molar-refractivity contribution in [2.24, 2.45) is 0 Å². The predicted molar refractivity (Wildman–Crippen MR) is 62.3 cm³/mol.